The summed E-state index contributed by atoms with van der Waals surface area (Å²) in [6.07, 6.45) is 0. The van der Waals surface area contributed by atoms with Crippen molar-refractivity contribution in [2.75, 3.05) is 10.6 Å². The zero-order chi connectivity index (χ0) is 18.4. The molecule has 0 saturated carbocycles. The smallest absolute Gasteiger partial charge is 0.237 e. The zero-order valence-corrected chi connectivity index (χ0v) is 16.4. The van der Waals surface area contributed by atoms with E-state index in [2.05, 4.69) is 20.8 Å². The fourth-order valence-electron chi connectivity index (χ4n) is 2.12. The Hall–Kier alpha value is -2.09. The number of nitrogens with zero attached hydrogens (tertiary/aromatic N) is 2. The molecule has 0 aliphatic rings. The van der Waals surface area contributed by atoms with Crippen LogP contribution in [0.3, 0.4) is 0 Å². The molecule has 5 nitrogen and oxygen atoms in total. The molecule has 26 heavy (non-hydrogen) atoms. The fourth-order valence-corrected chi connectivity index (χ4v) is 4.20. The molecule has 8 heteroatoms. The molecule has 2 aromatic carbocycles. The first kappa shape index (κ1) is 18.7. The number of aromatic nitrogens is 2. The Balaban J connectivity index is 1.52. The van der Waals surface area contributed by atoms with Crippen molar-refractivity contribution in [2.45, 2.75) is 23.1 Å². The third-order valence-corrected chi connectivity index (χ3v) is 5.73. The Kier molecular flexibility index (Phi) is 6.49. The average molecular weight is 405 g/mol. The van der Waals surface area contributed by atoms with Gasteiger partial charge in [-0.1, -0.05) is 71.1 Å². The Labute approximate surface area is 165 Å². The van der Waals surface area contributed by atoms with Gasteiger partial charge in [-0.3, -0.25) is 4.79 Å². The van der Waals surface area contributed by atoms with Crippen LogP contribution in [0.1, 0.15) is 12.5 Å². The van der Waals surface area contributed by atoms with Crippen LogP contribution in [0.2, 0.25) is 5.02 Å². The van der Waals surface area contributed by atoms with E-state index in [1.54, 1.807) is 24.3 Å². The first-order chi connectivity index (χ1) is 12.6. The second kappa shape index (κ2) is 9.02. The quantitative estimate of drug-likeness (QED) is 0.547. The third kappa shape index (κ3) is 5.45. The molecule has 0 saturated heterocycles. The van der Waals surface area contributed by atoms with Crippen LogP contribution >= 0.6 is 34.7 Å². The van der Waals surface area contributed by atoms with E-state index in [4.69, 9.17) is 11.6 Å². The summed E-state index contributed by atoms with van der Waals surface area (Å²) < 4.78 is 0.745. The standard InChI is InChI=1S/C18H17ClN4OS2/c1-12(16(24)21-15-9-5-8-14(19)10-15)25-18-23-22-17(26-18)20-11-13-6-3-2-4-7-13/h2-10,12H,11H2,1H3,(H,20,22)(H,21,24)/t12-/m1/s1. The summed E-state index contributed by atoms with van der Waals surface area (Å²) in [4.78, 5) is 12.3. The molecule has 0 aliphatic carbocycles. The maximum Gasteiger partial charge on any atom is 0.237 e. The van der Waals surface area contributed by atoms with Gasteiger partial charge in [-0.05, 0) is 30.7 Å². The highest BCUT2D eigenvalue weighted by atomic mass is 35.5. The van der Waals surface area contributed by atoms with Gasteiger partial charge < -0.3 is 10.6 Å². The van der Waals surface area contributed by atoms with Gasteiger partial charge in [-0.2, -0.15) is 0 Å². The lowest BCUT2D eigenvalue weighted by Crippen LogP contribution is -2.22. The molecule has 134 valence electrons. The molecule has 0 aliphatic heterocycles. The van der Waals surface area contributed by atoms with Crippen LogP contribution in [-0.4, -0.2) is 21.4 Å². The average Bonchev–Trinajstić information content (AvgIpc) is 3.08. The predicted octanol–water partition coefficient (Wildman–Crippen LogP) is 4.92. The molecular formula is C18H17ClN4OS2. The topological polar surface area (TPSA) is 66.9 Å². The third-order valence-electron chi connectivity index (χ3n) is 3.43. The summed E-state index contributed by atoms with van der Waals surface area (Å²) in [6.45, 7) is 2.52. The minimum Gasteiger partial charge on any atom is -0.356 e. The molecule has 0 spiro atoms. The maximum absolute atomic E-state index is 12.3. The van der Waals surface area contributed by atoms with Gasteiger partial charge in [0.2, 0.25) is 11.0 Å². The van der Waals surface area contributed by atoms with Crippen LogP contribution in [0.5, 0.6) is 0 Å². The number of hydrogen-bond donors (Lipinski definition) is 2. The van der Waals surface area contributed by atoms with Crippen LogP contribution in [0.25, 0.3) is 0 Å². The van der Waals surface area contributed by atoms with Gasteiger partial charge >= 0.3 is 0 Å². The molecule has 2 N–H and O–H groups in total. The van der Waals surface area contributed by atoms with Crippen LogP contribution in [0, 0.1) is 0 Å². The van der Waals surface area contributed by atoms with Crippen molar-refractivity contribution in [1.29, 1.82) is 0 Å². The second-order valence-electron chi connectivity index (χ2n) is 5.47. The number of thioether (sulfide) groups is 1. The van der Waals surface area contributed by atoms with Gasteiger partial charge in [0.15, 0.2) is 4.34 Å². The van der Waals surface area contributed by atoms with Gasteiger partial charge in [0, 0.05) is 17.3 Å². The summed E-state index contributed by atoms with van der Waals surface area (Å²) in [7, 11) is 0. The van der Waals surface area contributed by atoms with Crippen LogP contribution in [-0.2, 0) is 11.3 Å². The molecule has 0 bridgehead atoms. The number of benzene rings is 2. The maximum atomic E-state index is 12.3. The highest BCUT2D eigenvalue weighted by Crippen LogP contribution is 2.29. The van der Waals surface area contributed by atoms with E-state index < -0.39 is 0 Å². The molecule has 3 aromatic rings. The number of anilines is 2. The summed E-state index contributed by atoms with van der Waals surface area (Å²) in [5.41, 5.74) is 1.85. The molecule has 1 heterocycles. The highest BCUT2D eigenvalue weighted by Gasteiger charge is 2.17. The first-order valence-corrected chi connectivity index (χ1v) is 10.0. The zero-order valence-electron chi connectivity index (χ0n) is 14.0. The number of halogens is 1. The highest BCUT2D eigenvalue weighted by molar-refractivity contribution is 8.02. The monoisotopic (exact) mass is 404 g/mol. The van der Waals surface area contributed by atoms with Gasteiger partial charge in [0.1, 0.15) is 0 Å². The van der Waals surface area contributed by atoms with Gasteiger partial charge in [-0.15, -0.1) is 10.2 Å². The number of carbonyl (C=O) groups excluding carboxylic acids is 1. The molecule has 0 fully saturated rings. The largest absolute Gasteiger partial charge is 0.356 e. The van der Waals surface area contributed by atoms with Gasteiger partial charge in [-0.25, -0.2) is 0 Å². The molecular weight excluding hydrogens is 388 g/mol. The van der Waals surface area contributed by atoms with E-state index in [0.29, 0.717) is 17.3 Å². The summed E-state index contributed by atoms with van der Waals surface area (Å²) in [6, 6.07) is 17.2. The molecule has 1 aromatic heterocycles. The molecule has 1 atom stereocenters. The minimum absolute atomic E-state index is 0.105. The summed E-state index contributed by atoms with van der Waals surface area (Å²) in [5.74, 6) is -0.105. The molecule has 0 radical (unpaired) electrons. The van der Waals surface area contributed by atoms with E-state index in [0.717, 1.165) is 9.47 Å². The van der Waals surface area contributed by atoms with Crippen molar-refractivity contribution < 1.29 is 4.79 Å². The van der Waals surface area contributed by atoms with E-state index in [9.17, 15) is 4.79 Å². The van der Waals surface area contributed by atoms with E-state index in [-0.39, 0.29) is 11.2 Å². The lowest BCUT2D eigenvalue weighted by molar-refractivity contribution is -0.115. The lowest BCUT2D eigenvalue weighted by atomic mass is 10.2. The van der Waals surface area contributed by atoms with Crippen molar-refractivity contribution in [3.8, 4) is 0 Å². The minimum atomic E-state index is -0.302. The SMILES string of the molecule is C[C@@H](Sc1nnc(NCc2ccccc2)s1)C(=O)Nc1cccc(Cl)c1. The normalized spacial score (nSPS) is 11.8. The Morgan fingerprint density at radius 3 is 2.77 bits per heavy atom. The molecule has 0 unspecified atom stereocenters. The van der Waals surface area contributed by atoms with E-state index in [1.165, 1.54) is 28.7 Å². The van der Waals surface area contributed by atoms with Crippen molar-refractivity contribution in [3.05, 3.63) is 65.2 Å². The van der Waals surface area contributed by atoms with Crippen molar-refractivity contribution in [3.63, 3.8) is 0 Å². The number of hydrogen-bond acceptors (Lipinski definition) is 6. The summed E-state index contributed by atoms with van der Waals surface area (Å²) in [5, 5.41) is 15.4. The van der Waals surface area contributed by atoms with E-state index >= 15 is 0 Å². The van der Waals surface area contributed by atoms with Crippen molar-refractivity contribution >= 4 is 51.4 Å². The molecule has 3 rings (SSSR count). The van der Waals surface area contributed by atoms with Crippen LogP contribution in [0.15, 0.2) is 58.9 Å². The molecule has 1 amide bonds. The van der Waals surface area contributed by atoms with Crippen LogP contribution in [0.4, 0.5) is 10.8 Å². The predicted molar refractivity (Wildman–Crippen MR) is 109 cm³/mol. The fraction of sp³-hybridized carbons (Fsp3) is 0.167. The van der Waals surface area contributed by atoms with Crippen molar-refractivity contribution in [1.82, 2.24) is 10.2 Å². The van der Waals surface area contributed by atoms with Crippen LogP contribution < -0.4 is 10.6 Å². The first-order valence-electron chi connectivity index (χ1n) is 7.94. The number of rotatable bonds is 7. The number of nitrogens with one attached hydrogen (secondary N) is 2. The number of carbonyl (C=O) groups is 1. The number of amides is 1. The van der Waals surface area contributed by atoms with E-state index in [1.807, 2.05) is 37.3 Å². The Morgan fingerprint density at radius 1 is 1.19 bits per heavy atom. The van der Waals surface area contributed by atoms with Gasteiger partial charge in [0.25, 0.3) is 0 Å². The lowest BCUT2D eigenvalue weighted by Gasteiger charge is -2.10. The van der Waals surface area contributed by atoms with Crippen molar-refractivity contribution in [2.24, 2.45) is 0 Å². The Morgan fingerprint density at radius 2 is 2.00 bits per heavy atom. The Bertz CT molecular complexity index is 872. The van der Waals surface area contributed by atoms with Gasteiger partial charge in [0.05, 0.1) is 5.25 Å². The summed E-state index contributed by atoms with van der Waals surface area (Å²) >= 11 is 8.75. The second-order valence-corrected chi connectivity index (χ2v) is 8.47.